The molecule has 0 aliphatic carbocycles. The van der Waals surface area contributed by atoms with E-state index in [0.29, 0.717) is 34.7 Å². The number of pyridine rings is 2. The van der Waals surface area contributed by atoms with E-state index >= 15 is 0 Å². The highest BCUT2D eigenvalue weighted by atomic mass is 127. The predicted molar refractivity (Wildman–Crippen MR) is 103 cm³/mol. The fourth-order valence-corrected chi connectivity index (χ4v) is 3.40. The van der Waals surface area contributed by atoms with E-state index in [1.807, 2.05) is 19.1 Å². The van der Waals surface area contributed by atoms with Gasteiger partial charge in [-0.25, -0.2) is 4.98 Å². The quantitative estimate of drug-likeness (QED) is 0.279. The normalized spacial score (nSPS) is 10.9. The zero-order valence-electron chi connectivity index (χ0n) is 11.9. The maximum absolute atomic E-state index is 11.5. The average molecular weight is 491 g/mol. The second-order valence-corrected chi connectivity index (χ2v) is 7.56. The molecule has 2 aromatic heterocycles. The van der Waals surface area contributed by atoms with Gasteiger partial charge in [0.25, 0.3) is 0 Å². The zero-order chi connectivity index (χ0) is 16.3. The molecule has 0 fully saturated rings. The van der Waals surface area contributed by atoms with Gasteiger partial charge in [0.05, 0.1) is 5.71 Å². The molecule has 2 aromatic rings. The molecular weight excluding hydrogens is 478 g/mol. The fourth-order valence-electron chi connectivity index (χ4n) is 2.01. The molecular formula is C14H13BrIN4OP. The first-order valence-electron chi connectivity index (χ1n) is 6.28. The maximum Gasteiger partial charge on any atom is 0.178 e. The van der Waals surface area contributed by atoms with Crippen LogP contribution in [0.1, 0.15) is 34.1 Å². The highest BCUT2D eigenvalue weighted by molar-refractivity contribution is 14.2. The molecule has 1 unspecified atom stereocenters. The first kappa shape index (κ1) is 17.4. The van der Waals surface area contributed by atoms with Crippen LogP contribution in [0.2, 0.25) is 0 Å². The molecule has 2 rings (SSSR count). The molecule has 8 heteroatoms. The third-order valence-electron chi connectivity index (χ3n) is 2.99. The van der Waals surface area contributed by atoms with Crippen LogP contribution in [0, 0.1) is 12.3 Å². The van der Waals surface area contributed by atoms with Crippen molar-refractivity contribution in [2.24, 2.45) is 0 Å². The molecule has 0 bridgehead atoms. The molecule has 0 spiro atoms. The van der Waals surface area contributed by atoms with Crippen LogP contribution in [-0.4, -0.2) is 21.5 Å². The Labute approximate surface area is 151 Å². The van der Waals surface area contributed by atoms with Crippen LogP contribution in [0.5, 0.6) is 0 Å². The zero-order valence-corrected chi connectivity index (χ0v) is 16.6. The first-order chi connectivity index (χ1) is 10.4. The molecule has 5 nitrogen and oxygen atoms in total. The third-order valence-corrected chi connectivity index (χ3v) is 4.56. The van der Waals surface area contributed by atoms with Crippen molar-refractivity contribution < 1.29 is 4.79 Å². The molecule has 0 radical (unpaired) electrons. The number of ketones is 1. The van der Waals surface area contributed by atoms with Gasteiger partial charge in [-0.15, -0.1) is 0 Å². The molecule has 0 aliphatic rings. The summed E-state index contributed by atoms with van der Waals surface area (Å²) >= 11 is 5.60. The summed E-state index contributed by atoms with van der Waals surface area (Å²) in [5.74, 6) is 0.586. The van der Waals surface area contributed by atoms with Crippen molar-refractivity contribution in [2.45, 2.75) is 13.8 Å². The van der Waals surface area contributed by atoms with Crippen LogP contribution in [0.15, 0.2) is 29.0 Å². The van der Waals surface area contributed by atoms with Crippen LogP contribution in [-0.2, 0) is 0 Å². The molecule has 1 atom stereocenters. The largest absolute Gasteiger partial charge is 0.343 e. The Hall–Kier alpha value is -0.920. The summed E-state index contributed by atoms with van der Waals surface area (Å²) in [6, 6.07) is 3.66. The van der Waals surface area contributed by atoms with E-state index in [-0.39, 0.29) is 5.78 Å². The number of Topliss-reactive ketones (excluding diaryl/α,β-unsaturated/α-hetero) is 1. The van der Waals surface area contributed by atoms with Gasteiger partial charge >= 0.3 is 0 Å². The Morgan fingerprint density at radius 2 is 2.09 bits per heavy atom. The molecule has 0 saturated carbocycles. The van der Waals surface area contributed by atoms with Crippen molar-refractivity contribution in [1.82, 2.24) is 9.97 Å². The van der Waals surface area contributed by atoms with Crippen LogP contribution < -0.4 is 5.09 Å². The summed E-state index contributed by atoms with van der Waals surface area (Å²) in [5.41, 5.74) is 2.87. The summed E-state index contributed by atoms with van der Waals surface area (Å²) in [6.07, 6.45) is 3.71. The predicted octanol–water partition coefficient (Wildman–Crippen LogP) is 4.52. The van der Waals surface area contributed by atoms with E-state index in [9.17, 15) is 4.79 Å². The number of carbonyl (C=O) groups is 1. The number of aromatic nitrogens is 2. The number of hydrogen-bond acceptors (Lipinski definition) is 5. The number of carbonyl (C=O) groups excluding carboxylic acids is 1. The second-order valence-electron chi connectivity index (χ2n) is 4.59. The number of hydrogen-bond donors (Lipinski definition) is 2. The van der Waals surface area contributed by atoms with Crippen LogP contribution >= 0.6 is 44.3 Å². The number of anilines is 1. The van der Waals surface area contributed by atoms with Crippen molar-refractivity contribution in [3.8, 4) is 0 Å². The molecule has 0 saturated heterocycles. The van der Waals surface area contributed by atoms with E-state index in [0.717, 1.165) is 10.0 Å². The number of nitrogens with zero attached hydrogens (tertiary/aromatic N) is 2. The highest BCUT2D eigenvalue weighted by Gasteiger charge is 2.14. The summed E-state index contributed by atoms with van der Waals surface area (Å²) in [5, 5.41) is 11.6. The lowest BCUT2D eigenvalue weighted by molar-refractivity contribution is 0.101. The van der Waals surface area contributed by atoms with Gasteiger partial charge in [-0.3, -0.25) is 15.2 Å². The Morgan fingerprint density at radius 3 is 2.68 bits per heavy atom. The fraction of sp³-hybridized carbons (Fsp3) is 0.143. The topological polar surface area (TPSA) is 78.7 Å². The van der Waals surface area contributed by atoms with Crippen molar-refractivity contribution in [3.05, 3.63) is 51.4 Å². The van der Waals surface area contributed by atoms with Crippen molar-refractivity contribution in [3.63, 3.8) is 0 Å². The van der Waals surface area contributed by atoms with Crippen molar-refractivity contribution >= 4 is 61.7 Å². The van der Waals surface area contributed by atoms with E-state index in [1.165, 1.54) is 6.92 Å². The lowest BCUT2D eigenvalue weighted by Crippen LogP contribution is -2.09. The van der Waals surface area contributed by atoms with Gasteiger partial charge in [-0.05, 0) is 62.6 Å². The summed E-state index contributed by atoms with van der Waals surface area (Å²) in [7, 11) is 0. The van der Waals surface area contributed by atoms with Crippen LogP contribution in [0.3, 0.4) is 0 Å². The minimum Gasteiger partial charge on any atom is -0.343 e. The maximum atomic E-state index is 11.5. The second kappa shape index (κ2) is 7.57. The summed E-state index contributed by atoms with van der Waals surface area (Å²) in [4.78, 5) is 20.0. The third kappa shape index (κ3) is 3.88. The Bertz CT molecular complexity index is 754. The van der Waals surface area contributed by atoms with Crippen LogP contribution in [0.25, 0.3) is 0 Å². The molecule has 0 aromatic carbocycles. The standard InChI is InChI=1S/C14H13BrIN4OP/c1-7-3-9(5-18-13(7)8(2)21)12(17)11-4-10(15)6-19-14(11)20-22-16/h3-6,17,22H,1-2H3,(H,19,20). The Morgan fingerprint density at radius 1 is 1.36 bits per heavy atom. The van der Waals surface area contributed by atoms with Gasteiger partial charge in [-0.1, -0.05) is 0 Å². The Kier molecular flexibility index (Phi) is 6.00. The minimum absolute atomic E-state index is 0.0758. The van der Waals surface area contributed by atoms with Gasteiger partial charge in [0.1, 0.15) is 11.5 Å². The SMILES string of the molecule is CC(=O)c1ncc(C(=N)c2cc(Br)cnc2NPI)cc1C. The number of nitrogens with one attached hydrogen (secondary N) is 2. The molecule has 2 heterocycles. The molecule has 0 aliphatic heterocycles. The number of halogens is 2. The van der Waals surface area contributed by atoms with Crippen molar-refractivity contribution in [1.29, 1.82) is 5.41 Å². The van der Waals surface area contributed by atoms with Gasteiger partial charge in [0, 0.05) is 41.3 Å². The molecule has 22 heavy (non-hydrogen) atoms. The van der Waals surface area contributed by atoms with Crippen LogP contribution in [0.4, 0.5) is 5.82 Å². The van der Waals surface area contributed by atoms with E-state index in [1.54, 1.807) is 12.4 Å². The summed E-state index contributed by atoms with van der Waals surface area (Å²) in [6.45, 7) is 3.31. The number of rotatable bonds is 5. The Balaban J connectivity index is 2.46. The smallest absolute Gasteiger partial charge is 0.178 e. The lowest BCUT2D eigenvalue weighted by atomic mass is 10.0. The monoisotopic (exact) mass is 490 g/mol. The van der Waals surface area contributed by atoms with Gasteiger partial charge in [0.2, 0.25) is 0 Å². The first-order valence-corrected chi connectivity index (χ1v) is 11.2. The average Bonchev–Trinajstić information content (AvgIpc) is 2.48. The highest BCUT2D eigenvalue weighted by Crippen LogP contribution is 2.28. The van der Waals surface area contributed by atoms with Gasteiger partial charge in [-0.2, -0.15) is 0 Å². The van der Waals surface area contributed by atoms with E-state index < -0.39 is 0 Å². The number of aryl methyl sites for hydroxylation is 1. The summed E-state index contributed by atoms with van der Waals surface area (Å²) < 4.78 is 0.805. The lowest BCUT2D eigenvalue weighted by Gasteiger charge is -2.12. The molecule has 2 N–H and O–H groups in total. The minimum atomic E-state index is -0.0758. The van der Waals surface area contributed by atoms with Gasteiger partial charge in [0.15, 0.2) is 5.78 Å². The molecule has 114 valence electrons. The van der Waals surface area contributed by atoms with E-state index in [2.05, 4.69) is 53.0 Å². The molecule has 0 amide bonds. The van der Waals surface area contributed by atoms with Gasteiger partial charge < -0.3 is 5.09 Å². The van der Waals surface area contributed by atoms with E-state index in [4.69, 9.17) is 5.41 Å². The van der Waals surface area contributed by atoms with Crippen molar-refractivity contribution in [2.75, 3.05) is 5.09 Å².